The van der Waals surface area contributed by atoms with Crippen LogP contribution in [0, 0.1) is 5.92 Å². The van der Waals surface area contributed by atoms with Gasteiger partial charge >= 0.3 is 0 Å². The van der Waals surface area contributed by atoms with Gasteiger partial charge in [0, 0.05) is 57.8 Å². The Balaban J connectivity index is 1.36. The highest BCUT2D eigenvalue weighted by molar-refractivity contribution is 5.97. The molecule has 1 saturated heterocycles. The van der Waals surface area contributed by atoms with Gasteiger partial charge in [-0.25, -0.2) is 0 Å². The van der Waals surface area contributed by atoms with Gasteiger partial charge < -0.3 is 42.0 Å². The zero-order valence-electron chi connectivity index (χ0n) is 31.5. The van der Waals surface area contributed by atoms with E-state index < -0.39 is 47.5 Å². The number of benzene rings is 3. The molecule has 0 aromatic heterocycles. The number of nitrogens with zero attached hydrogens (tertiary/aromatic N) is 1. The van der Waals surface area contributed by atoms with Crippen molar-refractivity contribution in [3.63, 3.8) is 0 Å². The van der Waals surface area contributed by atoms with Gasteiger partial charge in [-0.05, 0) is 47.1 Å². The van der Waals surface area contributed by atoms with Gasteiger partial charge in [0.05, 0.1) is 25.6 Å². The van der Waals surface area contributed by atoms with Gasteiger partial charge in [-0.15, -0.1) is 0 Å². The Labute approximate surface area is 327 Å². The average molecular weight is 766 g/mol. The fraction of sp³-hybridized carbons (Fsp3) is 0.381. The highest BCUT2D eigenvalue weighted by Gasteiger charge is 2.31. The molecule has 0 saturated carbocycles. The normalized spacial score (nSPS) is 20.8. The maximum atomic E-state index is 13.9. The average Bonchev–Trinajstić information content (AvgIpc) is 3.21. The summed E-state index contributed by atoms with van der Waals surface area (Å²) >= 11 is 0. The minimum absolute atomic E-state index is 0.0340. The van der Waals surface area contributed by atoms with E-state index in [1.807, 2.05) is 54.6 Å². The number of fused-ring (bicyclic) bond motifs is 3. The number of hydrogen-bond donors (Lipinski definition) is 6. The van der Waals surface area contributed by atoms with Crippen LogP contribution >= 0.6 is 0 Å². The van der Waals surface area contributed by atoms with Crippen molar-refractivity contribution in [2.24, 2.45) is 11.7 Å². The largest absolute Gasteiger partial charge is 0.378 e. The first-order chi connectivity index (χ1) is 27.2. The van der Waals surface area contributed by atoms with Crippen molar-refractivity contribution in [2.45, 2.75) is 50.7 Å². The molecule has 2 bridgehead atoms. The highest BCUT2D eigenvalue weighted by atomic mass is 16.5. The molecule has 0 spiro atoms. The SMILES string of the molecule is NCCOCCNC(=O)[C@@H]1CCNC(=O)/C=C/C(=O)N2CCC[C@H](C2)C(=O)N[C@@H](Cc2ccc(-c3ccccc3)cc2)C(=O)NCc2ccccc2CC(=O)N1. The van der Waals surface area contributed by atoms with Crippen molar-refractivity contribution in [2.75, 3.05) is 45.9 Å². The van der Waals surface area contributed by atoms with Crippen LogP contribution in [0.15, 0.2) is 91.0 Å². The zero-order chi connectivity index (χ0) is 39.7. The molecule has 0 aliphatic carbocycles. The van der Waals surface area contributed by atoms with Crippen LogP contribution in [0.25, 0.3) is 11.1 Å². The molecule has 2 heterocycles. The highest BCUT2D eigenvalue weighted by Crippen LogP contribution is 2.21. The molecule has 7 N–H and O–H groups in total. The predicted molar refractivity (Wildman–Crippen MR) is 210 cm³/mol. The van der Waals surface area contributed by atoms with Crippen LogP contribution in [0.3, 0.4) is 0 Å². The molecule has 0 unspecified atom stereocenters. The third-order valence-corrected chi connectivity index (χ3v) is 9.73. The van der Waals surface area contributed by atoms with Crippen LogP contribution < -0.4 is 32.3 Å². The summed E-state index contributed by atoms with van der Waals surface area (Å²) in [6, 6.07) is 23.0. The standard InChI is InChI=1S/C42H51N7O7/c43-19-23-56-24-21-45-41(54)35-18-20-44-37(50)16-17-39(52)49-22-6-11-34(28-49)40(53)48-36(25-29-12-14-31(15-13-29)30-7-2-1-3-8-30)42(55)46-27-33-10-5-4-9-32(33)26-38(51)47-35/h1-5,7-10,12-17,34-36H,6,11,18-28,43H2,(H,44,50)(H,45,54)(H,46,55)(H,47,51)(H,48,53)/b17-16+/t34-,35+,36+/m1/s1. The topological polar surface area (TPSA) is 201 Å². The fourth-order valence-electron chi connectivity index (χ4n) is 6.69. The molecule has 6 amide bonds. The molecule has 3 aromatic carbocycles. The van der Waals surface area contributed by atoms with Gasteiger partial charge in [0.2, 0.25) is 35.4 Å². The molecule has 3 aromatic rings. The van der Waals surface area contributed by atoms with Crippen LogP contribution in [-0.2, 0) is 52.9 Å². The van der Waals surface area contributed by atoms with Gasteiger partial charge in [-0.3, -0.25) is 28.8 Å². The Kier molecular flexibility index (Phi) is 15.7. The number of ether oxygens (including phenoxy) is 1. The smallest absolute Gasteiger partial charge is 0.246 e. The summed E-state index contributed by atoms with van der Waals surface area (Å²) in [4.78, 5) is 81.5. The molecule has 3 atom stereocenters. The summed E-state index contributed by atoms with van der Waals surface area (Å²) in [5, 5.41) is 14.1. The van der Waals surface area contributed by atoms with Crippen LogP contribution in [0.4, 0.5) is 0 Å². The summed E-state index contributed by atoms with van der Waals surface area (Å²) in [6.45, 7) is 1.79. The molecular formula is C42H51N7O7. The van der Waals surface area contributed by atoms with Crippen LogP contribution in [0.5, 0.6) is 0 Å². The lowest BCUT2D eigenvalue weighted by Crippen LogP contribution is -2.52. The molecule has 56 heavy (non-hydrogen) atoms. The number of amides is 6. The van der Waals surface area contributed by atoms with Gasteiger partial charge in [-0.2, -0.15) is 0 Å². The van der Waals surface area contributed by atoms with E-state index in [2.05, 4.69) is 26.6 Å². The molecule has 2 aliphatic heterocycles. The van der Waals surface area contributed by atoms with Crippen LogP contribution in [0.2, 0.25) is 0 Å². The number of carbonyl (C=O) groups excluding carboxylic acids is 6. The van der Waals surface area contributed by atoms with E-state index in [-0.39, 0.29) is 58.0 Å². The molecule has 14 heteroatoms. The maximum absolute atomic E-state index is 13.9. The van der Waals surface area contributed by atoms with Crippen molar-refractivity contribution in [3.05, 3.63) is 108 Å². The molecule has 14 nitrogen and oxygen atoms in total. The number of piperidine rings is 1. The van der Waals surface area contributed by atoms with E-state index in [1.165, 1.54) is 4.90 Å². The number of rotatable bonds is 9. The summed E-state index contributed by atoms with van der Waals surface area (Å²) in [6.07, 6.45) is 3.58. The monoisotopic (exact) mass is 765 g/mol. The molecule has 2 aliphatic rings. The number of nitrogens with one attached hydrogen (secondary N) is 5. The quantitative estimate of drug-likeness (QED) is 0.174. The van der Waals surface area contributed by atoms with Gasteiger partial charge in [-0.1, -0.05) is 78.9 Å². The van der Waals surface area contributed by atoms with Crippen LogP contribution in [-0.4, -0.2) is 98.4 Å². The summed E-state index contributed by atoms with van der Waals surface area (Å²) in [5.41, 5.74) is 9.70. The van der Waals surface area contributed by atoms with E-state index >= 15 is 0 Å². The second-order valence-corrected chi connectivity index (χ2v) is 13.8. The zero-order valence-corrected chi connectivity index (χ0v) is 31.5. The summed E-state index contributed by atoms with van der Waals surface area (Å²) < 4.78 is 5.33. The van der Waals surface area contributed by atoms with Crippen molar-refractivity contribution >= 4 is 35.4 Å². The van der Waals surface area contributed by atoms with Gasteiger partial charge in [0.1, 0.15) is 12.1 Å². The minimum Gasteiger partial charge on any atom is -0.378 e. The predicted octanol–water partition coefficient (Wildman–Crippen LogP) is 1.13. The summed E-state index contributed by atoms with van der Waals surface area (Å²) in [5.74, 6) is -3.17. The minimum atomic E-state index is -0.982. The Hall–Kier alpha value is -5.86. The summed E-state index contributed by atoms with van der Waals surface area (Å²) in [7, 11) is 0. The lowest BCUT2D eigenvalue weighted by atomic mass is 9.95. The Morgan fingerprint density at radius 3 is 2.30 bits per heavy atom. The van der Waals surface area contributed by atoms with Crippen molar-refractivity contribution < 1.29 is 33.5 Å². The Morgan fingerprint density at radius 1 is 0.804 bits per heavy atom. The van der Waals surface area contributed by atoms with E-state index in [4.69, 9.17) is 10.5 Å². The van der Waals surface area contributed by atoms with Gasteiger partial charge in [0.25, 0.3) is 0 Å². The first kappa shape index (κ1) is 41.3. The lowest BCUT2D eigenvalue weighted by Gasteiger charge is -2.32. The molecule has 0 radical (unpaired) electrons. The Morgan fingerprint density at radius 2 is 1.54 bits per heavy atom. The molecule has 5 rings (SSSR count). The first-order valence-electron chi connectivity index (χ1n) is 19.1. The molecular weight excluding hydrogens is 715 g/mol. The lowest BCUT2D eigenvalue weighted by molar-refractivity contribution is -0.135. The Bertz CT molecular complexity index is 1850. The van der Waals surface area contributed by atoms with Crippen molar-refractivity contribution in [3.8, 4) is 11.1 Å². The number of hydrogen-bond acceptors (Lipinski definition) is 8. The third-order valence-electron chi connectivity index (χ3n) is 9.73. The number of carbonyl (C=O) groups is 6. The fourth-order valence-corrected chi connectivity index (χ4v) is 6.69. The van der Waals surface area contributed by atoms with E-state index in [9.17, 15) is 28.8 Å². The van der Waals surface area contributed by atoms with E-state index in [0.717, 1.165) is 28.8 Å². The third kappa shape index (κ3) is 12.6. The second kappa shape index (κ2) is 21.3. The molecule has 1 fully saturated rings. The number of nitrogens with two attached hydrogens (primary N) is 1. The van der Waals surface area contributed by atoms with Crippen molar-refractivity contribution in [1.29, 1.82) is 0 Å². The maximum Gasteiger partial charge on any atom is 0.246 e. The van der Waals surface area contributed by atoms with Crippen molar-refractivity contribution in [1.82, 2.24) is 31.5 Å². The first-order valence-corrected chi connectivity index (χ1v) is 19.1. The van der Waals surface area contributed by atoms with Crippen LogP contribution in [0.1, 0.15) is 36.0 Å². The molecule has 296 valence electrons. The van der Waals surface area contributed by atoms with Gasteiger partial charge in [0.15, 0.2) is 0 Å². The van der Waals surface area contributed by atoms with E-state index in [1.54, 1.807) is 24.3 Å². The van der Waals surface area contributed by atoms with E-state index in [0.29, 0.717) is 43.7 Å². The second-order valence-electron chi connectivity index (χ2n) is 13.8.